The molecular weight excluding hydrogens is 334 g/mol. The van der Waals surface area contributed by atoms with E-state index >= 15 is 0 Å². The SMILES string of the molecule is CCc1cc2cccc(C#Cc3cnn(C)c3)c2c(=O)n1C1CCCCC1. The minimum absolute atomic E-state index is 0.118. The van der Waals surface area contributed by atoms with Crippen molar-refractivity contribution in [2.75, 3.05) is 0 Å². The van der Waals surface area contributed by atoms with Crippen molar-refractivity contribution in [1.82, 2.24) is 14.3 Å². The predicted octanol–water partition coefficient (Wildman–Crippen LogP) is 4.20. The maximum atomic E-state index is 13.5. The van der Waals surface area contributed by atoms with Crippen LogP contribution in [-0.4, -0.2) is 14.3 Å². The number of pyridine rings is 1. The molecule has 4 rings (SSSR count). The molecule has 3 aromatic rings. The molecule has 0 amide bonds. The minimum atomic E-state index is 0.118. The molecule has 0 saturated heterocycles. The Labute approximate surface area is 159 Å². The number of benzene rings is 1. The second-order valence-corrected chi connectivity index (χ2v) is 7.38. The van der Waals surface area contributed by atoms with Crippen molar-refractivity contribution in [3.63, 3.8) is 0 Å². The first-order valence-electron chi connectivity index (χ1n) is 9.85. The maximum Gasteiger partial charge on any atom is 0.260 e. The summed E-state index contributed by atoms with van der Waals surface area (Å²) < 4.78 is 3.80. The molecule has 0 spiro atoms. The lowest BCUT2D eigenvalue weighted by Gasteiger charge is -2.27. The fourth-order valence-electron chi connectivity index (χ4n) is 4.17. The molecule has 4 heteroatoms. The lowest BCUT2D eigenvalue weighted by atomic mass is 9.94. The highest BCUT2D eigenvalue weighted by atomic mass is 16.1. The van der Waals surface area contributed by atoms with E-state index in [9.17, 15) is 4.79 Å². The van der Waals surface area contributed by atoms with E-state index in [1.807, 2.05) is 31.4 Å². The molecule has 0 unspecified atom stereocenters. The van der Waals surface area contributed by atoms with Crippen LogP contribution in [0.25, 0.3) is 10.8 Å². The number of aromatic nitrogens is 3. The summed E-state index contributed by atoms with van der Waals surface area (Å²) in [4.78, 5) is 13.5. The van der Waals surface area contributed by atoms with Gasteiger partial charge in [0, 0.05) is 30.5 Å². The van der Waals surface area contributed by atoms with Gasteiger partial charge in [-0.25, -0.2) is 0 Å². The molecule has 0 bridgehead atoms. The lowest BCUT2D eigenvalue weighted by molar-refractivity contribution is 0.341. The average molecular weight is 359 g/mol. The Balaban J connectivity index is 1.89. The van der Waals surface area contributed by atoms with Gasteiger partial charge in [0.1, 0.15) is 0 Å². The van der Waals surface area contributed by atoms with Crippen molar-refractivity contribution in [1.29, 1.82) is 0 Å². The van der Waals surface area contributed by atoms with Gasteiger partial charge in [0.05, 0.1) is 17.1 Å². The van der Waals surface area contributed by atoms with E-state index in [0.29, 0.717) is 6.04 Å². The summed E-state index contributed by atoms with van der Waals surface area (Å²) >= 11 is 0. The maximum absolute atomic E-state index is 13.5. The normalized spacial score (nSPS) is 14.9. The lowest BCUT2D eigenvalue weighted by Crippen LogP contribution is -2.29. The van der Waals surface area contributed by atoms with E-state index in [1.165, 1.54) is 19.3 Å². The van der Waals surface area contributed by atoms with Gasteiger partial charge in [-0.3, -0.25) is 9.48 Å². The molecule has 0 radical (unpaired) electrons. The second kappa shape index (κ2) is 7.44. The smallest absolute Gasteiger partial charge is 0.260 e. The fraction of sp³-hybridized carbons (Fsp3) is 0.391. The largest absolute Gasteiger partial charge is 0.309 e. The Kier molecular flexibility index (Phi) is 4.85. The molecule has 4 nitrogen and oxygen atoms in total. The summed E-state index contributed by atoms with van der Waals surface area (Å²) in [6, 6.07) is 8.46. The number of aryl methyl sites for hydroxylation is 2. The molecule has 0 aliphatic heterocycles. The van der Waals surface area contributed by atoms with Crippen LogP contribution in [0.1, 0.15) is 61.9 Å². The Morgan fingerprint density at radius 1 is 1.19 bits per heavy atom. The first-order valence-corrected chi connectivity index (χ1v) is 9.85. The summed E-state index contributed by atoms with van der Waals surface area (Å²) in [6.45, 7) is 2.13. The summed E-state index contributed by atoms with van der Waals surface area (Å²) in [6.07, 6.45) is 10.4. The summed E-state index contributed by atoms with van der Waals surface area (Å²) in [5.41, 5.74) is 2.91. The highest BCUT2D eigenvalue weighted by Gasteiger charge is 2.20. The van der Waals surface area contributed by atoms with Gasteiger partial charge in [0.15, 0.2) is 0 Å². The monoisotopic (exact) mass is 359 g/mol. The Hall–Kier alpha value is -2.80. The van der Waals surface area contributed by atoms with Crippen molar-refractivity contribution in [2.45, 2.75) is 51.5 Å². The first kappa shape index (κ1) is 17.6. The number of fused-ring (bicyclic) bond motifs is 1. The van der Waals surface area contributed by atoms with Crippen LogP contribution in [-0.2, 0) is 13.5 Å². The van der Waals surface area contributed by atoms with E-state index in [4.69, 9.17) is 0 Å². The number of hydrogen-bond acceptors (Lipinski definition) is 2. The van der Waals surface area contributed by atoms with E-state index in [-0.39, 0.29) is 5.56 Å². The van der Waals surface area contributed by atoms with Gasteiger partial charge in [-0.1, -0.05) is 50.2 Å². The van der Waals surface area contributed by atoms with Crippen LogP contribution in [0.4, 0.5) is 0 Å². The summed E-state index contributed by atoms with van der Waals surface area (Å²) in [5.74, 6) is 6.36. The third kappa shape index (κ3) is 3.42. The van der Waals surface area contributed by atoms with Gasteiger partial charge in [-0.05, 0) is 36.8 Å². The molecule has 0 atom stereocenters. The zero-order valence-electron chi connectivity index (χ0n) is 16.0. The van der Waals surface area contributed by atoms with E-state index in [2.05, 4.69) is 34.5 Å². The van der Waals surface area contributed by atoms with Gasteiger partial charge in [-0.2, -0.15) is 5.10 Å². The van der Waals surface area contributed by atoms with E-state index in [1.54, 1.807) is 10.9 Å². The van der Waals surface area contributed by atoms with Gasteiger partial charge >= 0.3 is 0 Å². The van der Waals surface area contributed by atoms with Crippen LogP contribution in [0.2, 0.25) is 0 Å². The van der Waals surface area contributed by atoms with Crippen molar-refractivity contribution >= 4 is 10.8 Å². The van der Waals surface area contributed by atoms with Crippen LogP contribution in [0.15, 0.2) is 41.5 Å². The molecule has 1 aromatic carbocycles. The van der Waals surface area contributed by atoms with Crippen molar-refractivity contribution in [2.24, 2.45) is 7.05 Å². The van der Waals surface area contributed by atoms with Gasteiger partial charge in [-0.15, -0.1) is 0 Å². The topological polar surface area (TPSA) is 39.8 Å². The third-order valence-electron chi connectivity index (χ3n) is 5.51. The minimum Gasteiger partial charge on any atom is -0.309 e. The molecule has 2 heterocycles. The molecule has 1 aliphatic rings. The molecule has 138 valence electrons. The molecule has 27 heavy (non-hydrogen) atoms. The number of hydrogen-bond donors (Lipinski definition) is 0. The van der Waals surface area contributed by atoms with E-state index in [0.717, 1.165) is 46.9 Å². The molecular formula is C23H25N3O. The van der Waals surface area contributed by atoms with Crippen LogP contribution in [0.3, 0.4) is 0 Å². The van der Waals surface area contributed by atoms with Crippen LogP contribution < -0.4 is 5.56 Å². The van der Waals surface area contributed by atoms with Crippen LogP contribution in [0.5, 0.6) is 0 Å². The fourth-order valence-corrected chi connectivity index (χ4v) is 4.17. The van der Waals surface area contributed by atoms with E-state index < -0.39 is 0 Å². The molecule has 0 N–H and O–H groups in total. The second-order valence-electron chi connectivity index (χ2n) is 7.38. The Bertz CT molecular complexity index is 1090. The average Bonchev–Trinajstić information content (AvgIpc) is 3.11. The molecule has 1 fully saturated rings. The zero-order chi connectivity index (χ0) is 18.8. The predicted molar refractivity (Wildman–Crippen MR) is 109 cm³/mol. The van der Waals surface area contributed by atoms with Gasteiger partial charge < -0.3 is 4.57 Å². The van der Waals surface area contributed by atoms with Gasteiger partial charge in [0.25, 0.3) is 5.56 Å². The number of rotatable bonds is 2. The Morgan fingerprint density at radius 3 is 2.70 bits per heavy atom. The van der Waals surface area contributed by atoms with Crippen molar-refractivity contribution in [3.8, 4) is 11.8 Å². The quantitative estimate of drug-likeness (QED) is 0.643. The molecule has 1 aliphatic carbocycles. The van der Waals surface area contributed by atoms with Crippen LogP contribution in [0, 0.1) is 11.8 Å². The summed E-state index contributed by atoms with van der Waals surface area (Å²) in [7, 11) is 1.87. The number of nitrogens with zero attached hydrogens (tertiary/aromatic N) is 3. The third-order valence-corrected chi connectivity index (χ3v) is 5.51. The Morgan fingerprint density at radius 2 is 2.00 bits per heavy atom. The molecule has 1 saturated carbocycles. The zero-order valence-corrected chi connectivity index (χ0v) is 16.0. The van der Waals surface area contributed by atoms with Gasteiger partial charge in [0.2, 0.25) is 0 Å². The highest BCUT2D eigenvalue weighted by Crippen LogP contribution is 2.29. The van der Waals surface area contributed by atoms with Crippen molar-refractivity contribution in [3.05, 3.63) is 63.8 Å². The first-order chi connectivity index (χ1) is 13.2. The van der Waals surface area contributed by atoms with Crippen LogP contribution >= 0.6 is 0 Å². The molecule has 2 aromatic heterocycles. The van der Waals surface area contributed by atoms with Crippen molar-refractivity contribution < 1.29 is 0 Å². The summed E-state index contributed by atoms with van der Waals surface area (Å²) in [5, 5.41) is 5.89. The standard InChI is InChI=1S/C23H25N3O/c1-3-20-14-19-9-7-8-18(13-12-17-15-24-25(2)16-17)22(19)23(27)26(20)21-10-5-4-6-11-21/h7-9,14-16,21H,3-6,10-11H2,1-2H3. The highest BCUT2D eigenvalue weighted by molar-refractivity contribution is 5.88.